The summed E-state index contributed by atoms with van der Waals surface area (Å²) in [7, 11) is 0. The van der Waals surface area contributed by atoms with E-state index in [4.69, 9.17) is 40.1 Å². The number of likely N-dealkylation sites (tertiary alicyclic amines) is 2. The van der Waals surface area contributed by atoms with E-state index in [1.165, 1.54) is 21.6 Å². The molecule has 0 spiro atoms. The number of thioether (sulfide) groups is 1. The number of nitrogens with zero attached hydrogens (tertiary/aromatic N) is 3. The first kappa shape index (κ1) is 78.5. The molecule has 2 fully saturated rings. The maximum atomic E-state index is 14.7. The lowest BCUT2D eigenvalue weighted by Gasteiger charge is -2.32. The van der Waals surface area contributed by atoms with Crippen LogP contribution in [-0.4, -0.2) is 198 Å². The summed E-state index contributed by atoms with van der Waals surface area (Å²) in [6, 6.07) is 4.51. The van der Waals surface area contributed by atoms with E-state index >= 15 is 0 Å². The monoisotopic (exact) mass is 1350 g/mol. The molecule has 2 heterocycles. The van der Waals surface area contributed by atoms with Crippen LogP contribution < -0.4 is 82.7 Å². The van der Waals surface area contributed by atoms with Crippen molar-refractivity contribution in [2.75, 3.05) is 44.7 Å². The average Bonchev–Trinajstić information content (AvgIpc) is 1.74. The fourth-order valence-corrected chi connectivity index (χ4v) is 11.5. The number of guanidine groups is 1. The number of nitrogens with one attached hydrogen (secondary N) is 8. The Balaban J connectivity index is 1.56. The van der Waals surface area contributed by atoms with Crippen LogP contribution in [-0.2, 0) is 75.2 Å². The van der Waals surface area contributed by atoms with Crippen LogP contribution in [0, 0.1) is 5.92 Å². The molecule has 2 saturated heterocycles. The van der Waals surface area contributed by atoms with E-state index in [0.29, 0.717) is 55.4 Å². The Morgan fingerprint density at radius 2 is 1.01 bits per heavy atom. The minimum atomic E-state index is -1.64. The van der Waals surface area contributed by atoms with Gasteiger partial charge in [0.1, 0.15) is 54.4 Å². The van der Waals surface area contributed by atoms with Gasteiger partial charge in [-0.3, -0.25) is 67.3 Å². The molecule has 95 heavy (non-hydrogen) atoms. The number of benzene rings is 2. The zero-order valence-electron chi connectivity index (χ0n) is 54.5. The van der Waals surface area contributed by atoms with Crippen molar-refractivity contribution in [2.24, 2.45) is 51.0 Å². The molecule has 0 bridgehead atoms. The summed E-state index contributed by atoms with van der Waals surface area (Å²) in [4.78, 5) is 185. The molecule has 2 aromatic rings. The minimum absolute atomic E-state index is 0.0736. The van der Waals surface area contributed by atoms with Crippen LogP contribution in [0.3, 0.4) is 0 Å². The Hall–Kier alpha value is -8.91. The molecule has 2 aliphatic heterocycles. The predicted molar refractivity (Wildman–Crippen MR) is 356 cm³/mol. The molecule has 0 aromatic heterocycles. The summed E-state index contributed by atoms with van der Waals surface area (Å²) < 4.78 is 0. The molecule has 2 aromatic carbocycles. The van der Waals surface area contributed by atoms with Gasteiger partial charge in [0.05, 0.1) is 12.6 Å². The lowest BCUT2D eigenvalue weighted by molar-refractivity contribution is -0.144. The van der Waals surface area contributed by atoms with Crippen LogP contribution in [0.2, 0.25) is 0 Å². The standard InChI is InChI=1S/C63H98N18O13S/c1-37(2)33-45(57(89)74-41(53(68)85)27-32-95-3)73-52(84)36-72-54(86)46(34-38-15-6-4-7-16-38)78-58(90)47(35-39-17-8-5-9-18-39)79-56(88)42(23-25-50(66)82)75-55(87)43(24-26-51(67)83)76-59(91)49-22-14-31-81(49)62(94)44(20-10-11-28-64)77-60(92)48-21-13-30-80(48)61(93)40(65)19-12-29-71-63(69)70/h4-9,15-18,37,40-49H,10-14,19-36,64-65H2,1-3H3,(H2,66,82)(H2,67,83)(H2,68,85)(H,72,86)(H,73,84)(H,74,89)(H,75,87)(H,76,91)(H,77,92)(H,78,90)(H,79,88)(H4,69,70,71)/t40-,41+,42+,43+,44+,45-,46-,47-,48+,49-/m1/s1. The predicted octanol–water partition coefficient (Wildman–Crippen LogP) is -3.71. The number of hydrogen-bond acceptors (Lipinski definition) is 17. The van der Waals surface area contributed by atoms with Gasteiger partial charge in [-0.15, -0.1) is 0 Å². The number of carbonyl (C=O) groups is 13. The highest BCUT2D eigenvalue weighted by Crippen LogP contribution is 2.24. The Morgan fingerprint density at radius 3 is 1.51 bits per heavy atom. The first-order valence-electron chi connectivity index (χ1n) is 32.2. The second-order valence-electron chi connectivity index (χ2n) is 24.1. The number of nitrogens with two attached hydrogens (primary N) is 7. The van der Waals surface area contributed by atoms with Crippen molar-refractivity contribution >= 4 is 94.5 Å². The topological polar surface area (TPSA) is 519 Å². The summed E-state index contributed by atoms with van der Waals surface area (Å²) >= 11 is 1.45. The molecule has 13 amide bonds. The summed E-state index contributed by atoms with van der Waals surface area (Å²) in [5, 5.41) is 21.1. The van der Waals surface area contributed by atoms with Crippen molar-refractivity contribution < 1.29 is 62.3 Å². The van der Waals surface area contributed by atoms with Crippen LogP contribution in [0.15, 0.2) is 65.7 Å². The number of hydrogen-bond donors (Lipinski definition) is 15. The number of unbranched alkanes of at least 4 members (excludes halogenated alkanes) is 1. The highest BCUT2D eigenvalue weighted by molar-refractivity contribution is 7.98. The van der Waals surface area contributed by atoms with Gasteiger partial charge < -0.3 is 92.5 Å². The molecular weight excluding hydrogens is 1250 g/mol. The van der Waals surface area contributed by atoms with Gasteiger partial charge in [0, 0.05) is 45.3 Å². The largest absolute Gasteiger partial charge is 0.370 e. The number of amides is 13. The highest BCUT2D eigenvalue weighted by atomic mass is 32.2. The van der Waals surface area contributed by atoms with Crippen LogP contribution >= 0.6 is 11.8 Å². The molecule has 31 nitrogen and oxygen atoms in total. The van der Waals surface area contributed by atoms with E-state index < -0.39 is 169 Å². The van der Waals surface area contributed by atoms with Gasteiger partial charge in [-0.05, 0) is 119 Å². The van der Waals surface area contributed by atoms with Crippen molar-refractivity contribution in [1.82, 2.24) is 52.3 Å². The van der Waals surface area contributed by atoms with Gasteiger partial charge >= 0.3 is 0 Å². The van der Waals surface area contributed by atoms with Gasteiger partial charge in [-0.1, -0.05) is 74.5 Å². The molecule has 2 aliphatic rings. The smallest absolute Gasteiger partial charge is 0.245 e. The average molecular weight is 1350 g/mol. The Morgan fingerprint density at radius 1 is 0.537 bits per heavy atom. The van der Waals surface area contributed by atoms with Crippen molar-refractivity contribution in [3.63, 3.8) is 0 Å². The molecule has 0 aliphatic carbocycles. The van der Waals surface area contributed by atoms with E-state index in [0.717, 1.165) is 0 Å². The molecule has 0 radical (unpaired) electrons. The molecule has 32 heteroatoms. The van der Waals surface area contributed by atoms with Crippen LogP contribution in [0.25, 0.3) is 0 Å². The van der Waals surface area contributed by atoms with Crippen molar-refractivity contribution in [3.05, 3.63) is 71.8 Å². The maximum Gasteiger partial charge on any atom is 0.245 e. The second-order valence-corrected chi connectivity index (χ2v) is 25.1. The Labute approximate surface area is 558 Å². The first-order chi connectivity index (χ1) is 45.2. The number of aliphatic imine (C=N–C) groups is 1. The second kappa shape index (κ2) is 41.0. The van der Waals surface area contributed by atoms with Gasteiger partial charge in [0.15, 0.2) is 5.96 Å². The lowest BCUT2D eigenvalue weighted by atomic mass is 10.0. The Bertz CT molecular complexity index is 2960. The van der Waals surface area contributed by atoms with E-state index in [2.05, 4.69) is 47.5 Å². The van der Waals surface area contributed by atoms with Crippen LogP contribution in [0.5, 0.6) is 0 Å². The number of carbonyl (C=O) groups excluding carboxylic acids is 13. The Kier molecular flexibility index (Phi) is 33.9. The first-order valence-corrected chi connectivity index (χ1v) is 33.6. The van der Waals surface area contributed by atoms with E-state index in [9.17, 15) is 62.3 Å². The SMILES string of the molecule is CSCC[C@H](NC(=O)[C@@H](CC(C)C)NC(=O)CNC(=O)[C@@H](Cc1ccccc1)NC(=O)[C@@H](Cc1ccccc1)NC(=O)[C@H](CCC(N)=O)NC(=O)[C@H](CCC(N)=O)NC(=O)[C@H]1CCCN1C(=O)[C@H](CCCCN)NC(=O)[C@@H]1CCCN1C(=O)[C@H](N)CCCN=C(N)N)C(N)=O. The molecule has 4 rings (SSSR count). The minimum Gasteiger partial charge on any atom is -0.370 e. The van der Waals surface area contributed by atoms with Gasteiger partial charge in [0.2, 0.25) is 76.8 Å². The summed E-state index contributed by atoms with van der Waals surface area (Å²) in [6.45, 7) is 3.86. The molecule has 10 atom stereocenters. The van der Waals surface area contributed by atoms with Gasteiger partial charge in [-0.25, -0.2) is 0 Å². The fourth-order valence-electron chi connectivity index (χ4n) is 11.0. The molecular formula is C63H98N18O13S. The number of rotatable bonds is 42. The zero-order chi connectivity index (χ0) is 70.1. The summed E-state index contributed by atoms with van der Waals surface area (Å²) in [5.74, 6) is -9.80. The van der Waals surface area contributed by atoms with Crippen molar-refractivity contribution in [3.8, 4) is 0 Å². The molecule has 0 saturated carbocycles. The highest BCUT2D eigenvalue weighted by Gasteiger charge is 2.42. The van der Waals surface area contributed by atoms with E-state index in [1.807, 2.05) is 20.1 Å². The molecule has 22 N–H and O–H groups in total. The zero-order valence-corrected chi connectivity index (χ0v) is 55.3. The van der Waals surface area contributed by atoms with Crippen molar-refractivity contribution in [2.45, 2.75) is 183 Å². The summed E-state index contributed by atoms with van der Waals surface area (Å²) in [6.07, 6.45) is 3.12. The molecule has 524 valence electrons. The number of primary amides is 3. The normalized spacial score (nSPS) is 16.8. The van der Waals surface area contributed by atoms with Crippen LogP contribution in [0.1, 0.15) is 121 Å². The maximum absolute atomic E-state index is 14.7. The third-order valence-electron chi connectivity index (χ3n) is 16.0. The van der Waals surface area contributed by atoms with E-state index in [-0.39, 0.29) is 83.0 Å². The van der Waals surface area contributed by atoms with Crippen LogP contribution in [0.4, 0.5) is 0 Å². The van der Waals surface area contributed by atoms with Crippen molar-refractivity contribution in [1.29, 1.82) is 0 Å². The quantitative estimate of drug-likeness (QED) is 0.0173. The van der Waals surface area contributed by atoms with Gasteiger partial charge in [-0.2, -0.15) is 11.8 Å². The third kappa shape index (κ3) is 27.5. The van der Waals surface area contributed by atoms with Gasteiger partial charge in [0.25, 0.3) is 0 Å². The lowest BCUT2D eigenvalue weighted by Crippen LogP contribution is -2.60. The molecule has 0 unspecified atom stereocenters. The third-order valence-corrected chi connectivity index (χ3v) is 16.7. The van der Waals surface area contributed by atoms with E-state index in [1.54, 1.807) is 60.7 Å². The summed E-state index contributed by atoms with van der Waals surface area (Å²) in [5.41, 5.74) is 40.6. The fraction of sp³-hybridized carbons (Fsp3) is 0.587.